The molecule has 25 heavy (non-hydrogen) atoms. The quantitative estimate of drug-likeness (QED) is 0.559. The molecule has 2 N–H and O–H groups in total. The molecular weight excluding hydrogens is 365 g/mol. The van der Waals surface area contributed by atoms with E-state index >= 15 is 0 Å². The molecule has 1 aliphatic heterocycles. The summed E-state index contributed by atoms with van der Waals surface area (Å²) in [4.78, 5) is 37.8. The molecule has 2 rings (SSSR count). The van der Waals surface area contributed by atoms with Crippen molar-refractivity contribution in [2.45, 2.75) is 38.6 Å². The van der Waals surface area contributed by atoms with E-state index in [-0.39, 0.29) is 17.5 Å². The summed E-state index contributed by atoms with van der Waals surface area (Å²) >= 11 is 11.9. The molecule has 0 saturated carbocycles. The number of urea groups is 1. The number of carbonyl (C=O) groups excluding carboxylic acids is 3. The molecule has 0 spiro atoms. The van der Waals surface area contributed by atoms with Crippen molar-refractivity contribution in [3.63, 3.8) is 0 Å². The van der Waals surface area contributed by atoms with Crippen LogP contribution in [-0.2, 0) is 15.1 Å². The average Bonchev–Trinajstić information content (AvgIpc) is 2.78. The number of benzene rings is 1. The van der Waals surface area contributed by atoms with Gasteiger partial charge in [0, 0.05) is 6.54 Å². The maximum absolute atomic E-state index is 12.7. The average molecular weight is 386 g/mol. The molecule has 136 valence electrons. The number of nitrogens with one attached hydrogen (secondary N) is 2. The summed E-state index contributed by atoms with van der Waals surface area (Å²) in [7, 11) is 0. The van der Waals surface area contributed by atoms with Gasteiger partial charge in [0.15, 0.2) is 0 Å². The Balaban J connectivity index is 2.08. The van der Waals surface area contributed by atoms with Crippen molar-refractivity contribution in [1.29, 1.82) is 0 Å². The lowest BCUT2D eigenvalue weighted by molar-refractivity contribution is -0.134. The van der Waals surface area contributed by atoms with E-state index in [1.54, 1.807) is 19.1 Å². The van der Waals surface area contributed by atoms with Crippen LogP contribution in [0.3, 0.4) is 0 Å². The molecule has 1 saturated heterocycles. The van der Waals surface area contributed by atoms with E-state index in [1.165, 1.54) is 6.07 Å². The summed E-state index contributed by atoms with van der Waals surface area (Å²) in [5.74, 6) is -0.863. The molecule has 1 fully saturated rings. The van der Waals surface area contributed by atoms with Gasteiger partial charge in [0.25, 0.3) is 5.91 Å². The predicted molar refractivity (Wildman–Crippen MR) is 96.6 cm³/mol. The number of halogens is 2. The Kier molecular flexibility index (Phi) is 6.30. The van der Waals surface area contributed by atoms with Gasteiger partial charge in [-0.2, -0.15) is 0 Å². The molecule has 1 aromatic carbocycles. The molecule has 6 nitrogen and oxygen atoms in total. The zero-order chi connectivity index (χ0) is 18.6. The second-order valence-electron chi connectivity index (χ2n) is 6.13. The second-order valence-corrected chi connectivity index (χ2v) is 6.95. The minimum absolute atomic E-state index is 0.287. The smallest absolute Gasteiger partial charge is 0.325 e. The first kappa shape index (κ1) is 19.5. The van der Waals surface area contributed by atoms with Gasteiger partial charge in [-0.1, -0.05) is 49.0 Å². The Labute approximate surface area is 156 Å². The standard InChI is InChI=1S/C17H21Cl2N3O3/c1-3-4-5-8-20-14(23)10-22-15(24)17(2,21-16(22)25)11-6-7-12(18)13(19)9-11/h6-7,9H,3-5,8,10H2,1-2H3,(H,20,23)(H,21,25). The summed E-state index contributed by atoms with van der Waals surface area (Å²) < 4.78 is 0. The lowest BCUT2D eigenvalue weighted by atomic mass is 9.92. The molecule has 4 amide bonds. The molecule has 0 radical (unpaired) electrons. The van der Waals surface area contributed by atoms with E-state index in [1.807, 2.05) is 0 Å². The predicted octanol–water partition coefficient (Wildman–Crippen LogP) is 3.07. The molecule has 8 heteroatoms. The maximum atomic E-state index is 12.7. The van der Waals surface area contributed by atoms with Gasteiger partial charge >= 0.3 is 6.03 Å². The lowest BCUT2D eigenvalue weighted by Crippen LogP contribution is -2.43. The van der Waals surface area contributed by atoms with Gasteiger partial charge in [-0.15, -0.1) is 0 Å². The molecule has 0 aliphatic carbocycles. The fourth-order valence-corrected chi connectivity index (χ4v) is 2.94. The number of hydrogen-bond acceptors (Lipinski definition) is 3. The highest BCUT2D eigenvalue weighted by atomic mass is 35.5. The van der Waals surface area contributed by atoms with Crippen LogP contribution in [0.4, 0.5) is 4.79 Å². The highest BCUT2D eigenvalue weighted by Gasteiger charge is 2.49. The van der Waals surface area contributed by atoms with Gasteiger partial charge in [0.1, 0.15) is 12.1 Å². The highest BCUT2D eigenvalue weighted by Crippen LogP contribution is 2.32. The topological polar surface area (TPSA) is 78.5 Å². The van der Waals surface area contributed by atoms with E-state index in [4.69, 9.17) is 23.2 Å². The second kappa shape index (κ2) is 8.06. The van der Waals surface area contributed by atoms with Crippen LogP contribution in [0.25, 0.3) is 0 Å². The molecular formula is C17H21Cl2N3O3. The number of imide groups is 1. The number of amides is 4. The van der Waals surface area contributed by atoms with Gasteiger partial charge in [0.05, 0.1) is 10.0 Å². The Morgan fingerprint density at radius 1 is 1.24 bits per heavy atom. The molecule has 1 heterocycles. The van der Waals surface area contributed by atoms with Crippen LogP contribution in [0, 0.1) is 0 Å². The fourth-order valence-electron chi connectivity index (χ4n) is 2.65. The normalized spacial score (nSPS) is 19.9. The summed E-state index contributed by atoms with van der Waals surface area (Å²) in [5, 5.41) is 5.99. The van der Waals surface area contributed by atoms with Gasteiger partial charge in [-0.25, -0.2) is 4.79 Å². The van der Waals surface area contributed by atoms with E-state index in [2.05, 4.69) is 17.6 Å². The summed E-state index contributed by atoms with van der Waals surface area (Å²) in [6, 6.07) is 4.12. The number of rotatable bonds is 7. The van der Waals surface area contributed by atoms with Gasteiger partial charge in [-0.05, 0) is 31.0 Å². The number of nitrogens with zero attached hydrogens (tertiary/aromatic N) is 1. The summed E-state index contributed by atoms with van der Waals surface area (Å²) in [6.45, 7) is 3.86. The van der Waals surface area contributed by atoms with Crippen LogP contribution in [0.1, 0.15) is 38.7 Å². The van der Waals surface area contributed by atoms with E-state index in [0.717, 1.165) is 24.2 Å². The number of carbonyl (C=O) groups is 3. The van der Waals surface area contributed by atoms with Crippen LogP contribution >= 0.6 is 23.2 Å². The van der Waals surface area contributed by atoms with Crippen LogP contribution in [-0.4, -0.2) is 35.8 Å². The molecule has 1 unspecified atom stereocenters. The fraction of sp³-hybridized carbons (Fsp3) is 0.471. The third kappa shape index (κ3) is 4.25. The molecule has 0 aromatic heterocycles. The van der Waals surface area contributed by atoms with E-state index in [0.29, 0.717) is 17.1 Å². The first-order chi connectivity index (χ1) is 11.8. The third-order valence-electron chi connectivity index (χ3n) is 4.18. The van der Waals surface area contributed by atoms with Gasteiger partial charge < -0.3 is 10.6 Å². The van der Waals surface area contributed by atoms with Gasteiger partial charge in [-0.3, -0.25) is 14.5 Å². The van der Waals surface area contributed by atoms with E-state index < -0.39 is 17.5 Å². The monoisotopic (exact) mass is 385 g/mol. The van der Waals surface area contributed by atoms with Crippen LogP contribution in [0.5, 0.6) is 0 Å². The first-order valence-corrected chi connectivity index (χ1v) is 8.91. The third-order valence-corrected chi connectivity index (χ3v) is 4.92. The summed E-state index contributed by atoms with van der Waals surface area (Å²) in [5.41, 5.74) is -0.778. The summed E-state index contributed by atoms with van der Waals surface area (Å²) in [6.07, 6.45) is 2.92. The van der Waals surface area contributed by atoms with Crippen molar-refractivity contribution in [2.75, 3.05) is 13.1 Å². The molecule has 0 bridgehead atoms. The Bertz CT molecular complexity index is 696. The van der Waals surface area contributed by atoms with Crippen molar-refractivity contribution in [3.05, 3.63) is 33.8 Å². The molecule has 1 aromatic rings. The van der Waals surface area contributed by atoms with Crippen molar-refractivity contribution in [3.8, 4) is 0 Å². The van der Waals surface area contributed by atoms with Crippen molar-refractivity contribution < 1.29 is 14.4 Å². The maximum Gasteiger partial charge on any atom is 0.325 e. The minimum atomic E-state index is -1.28. The minimum Gasteiger partial charge on any atom is -0.355 e. The van der Waals surface area contributed by atoms with Crippen LogP contribution in [0.15, 0.2) is 18.2 Å². The lowest BCUT2D eigenvalue weighted by Gasteiger charge is -2.22. The zero-order valence-corrected chi connectivity index (χ0v) is 15.7. The molecule has 1 aliphatic rings. The van der Waals surface area contributed by atoms with Gasteiger partial charge in [0.2, 0.25) is 5.91 Å². The Morgan fingerprint density at radius 3 is 2.60 bits per heavy atom. The van der Waals surface area contributed by atoms with E-state index in [9.17, 15) is 14.4 Å². The van der Waals surface area contributed by atoms with Crippen molar-refractivity contribution in [1.82, 2.24) is 15.5 Å². The number of hydrogen-bond donors (Lipinski definition) is 2. The largest absolute Gasteiger partial charge is 0.355 e. The first-order valence-electron chi connectivity index (χ1n) is 8.16. The number of unbranched alkanes of at least 4 members (excludes halogenated alkanes) is 2. The van der Waals surface area contributed by atoms with Crippen LogP contribution < -0.4 is 10.6 Å². The SMILES string of the molecule is CCCCCNC(=O)CN1C(=O)NC(C)(c2ccc(Cl)c(Cl)c2)C1=O. The molecule has 1 atom stereocenters. The van der Waals surface area contributed by atoms with Crippen molar-refractivity contribution >= 4 is 41.0 Å². The van der Waals surface area contributed by atoms with Crippen LogP contribution in [0.2, 0.25) is 10.0 Å². The zero-order valence-electron chi connectivity index (χ0n) is 14.2. The highest BCUT2D eigenvalue weighted by molar-refractivity contribution is 6.42. The Hall–Kier alpha value is -1.79. The van der Waals surface area contributed by atoms with Crippen molar-refractivity contribution in [2.24, 2.45) is 0 Å². The Morgan fingerprint density at radius 2 is 1.96 bits per heavy atom.